The summed E-state index contributed by atoms with van der Waals surface area (Å²) in [4.78, 5) is 22.5. The minimum Gasteiger partial charge on any atom is -0.349 e. The second-order valence-electron chi connectivity index (χ2n) is 9.61. The normalized spacial score (nSPS) is 15.9. The number of carbonyl (C=O) groups excluding carboxylic acids is 2. The third-order valence-electron chi connectivity index (χ3n) is 6.37. The molecule has 0 saturated carbocycles. The summed E-state index contributed by atoms with van der Waals surface area (Å²) in [5.74, 6) is 0.118. The van der Waals surface area contributed by atoms with Crippen LogP contribution in [-0.4, -0.2) is 18.7 Å². The Morgan fingerprint density at radius 1 is 1.08 bits per heavy atom. The fourth-order valence-corrected chi connectivity index (χ4v) is 2.85. The Bertz CT molecular complexity index is 461. The molecule has 0 saturated heterocycles. The Hall–Kier alpha value is -1.12. The number of aldehydes is 1. The predicted molar refractivity (Wildman–Crippen MR) is 107 cm³/mol. The van der Waals surface area contributed by atoms with Crippen LogP contribution in [0.25, 0.3) is 0 Å². The Kier molecular flexibility index (Phi) is 9.12. The molecule has 2 unspecified atom stereocenters. The van der Waals surface area contributed by atoms with Crippen LogP contribution in [0.2, 0.25) is 0 Å². The highest BCUT2D eigenvalue weighted by Gasteiger charge is 2.37. The maximum atomic E-state index is 12.1. The summed E-state index contributed by atoms with van der Waals surface area (Å²) in [5.41, 5.74) is 0.456. The molecule has 0 aliphatic rings. The van der Waals surface area contributed by atoms with Crippen molar-refractivity contribution in [1.82, 2.24) is 5.32 Å². The number of allylic oxidation sites excluding steroid dienone is 2. The average molecular weight is 352 g/mol. The molecule has 2 atom stereocenters. The highest BCUT2D eigenvalue weighted by atomic mass is 16.2. The van der Waals surface area contributed by atoms with E-state index in [9.17, 15) is 9.59 Å². The molecule has 0 spiro atoms. The molecule has 146 valence electrons. The van der Waals surface area contributed by atoms with Crippen molar-refractivity contribution in [3.63, 3.8) is 0 Å². The van der Waals surface area contributed by atoms with Crippen LogP contribution in [0.15, 0.2) is 12.2 Å². The zero-order valence-electron chi connectivity index (χ0n) is 18.0. The maximum Gasteiger partial charge on any atom is 0.223 e. The van der Waals surface area contributed by atoms with Gasteiger partial charge in [-0.05, 0) is 35.0 Å². The summed E-state index contributed by atoms with van der Waals surface area (Å²) in [6.07, 6.45) is 8.63. The van der Waals surface area contributed by atoms with Gasteiger partial charge >= 0.3 is 0 Å². The van der Waals surface area contributed by atoms with Gasteiger partial charge < -0.3 is 10.1 Å². The Labute approximate surface area is 156 Å². The van der Waals surface area contributed by atoms with E-state index in [1.54, 1.807) is 0 Å². The largest absolute Gasteiger partial charge is 0.349 e. The summed E-state index contributed by atoms with van der Waals surface area (Å²) in [7, 11) is 0. The molecule has 0 aromatic heterocycles. The van der Waals surface area contributed by atoms with Gasteiger partial charge in [0.15, 0.2) is 0 Å². The van der Waals surface area contributed by atoms with Gasteiger partial charge in [0, 0.05) is 5.92 Å². The van der Waals surface area contributed by atoms with Gasteiger partial charge in [0.25, 0.3) is 0 Å². The number of hydrogen-bond acceptors (Lipinski definition) is 2. The highest BCUT2D eigenvalue weighted by Crippen LogP contribution is 2.45. The van der Waals surface area contributed by atoms with E-state index in [0.29, 0.717) is 5.41 Å². The third-order valence-corrected chi connectivity index (χ3v) is 6.37. The molecule has 1 N–H and O–H groups in total. The van der Waals surface area contributed by atoms with Crippen molar-refractivity contribution in [3.05, 3.63) is 12.2 Å². The number of hydrogen-bond donors (Lipinski definition) is 1. The van der Waals surface area contributed by atoms with Crippen LogP contribution in [0.5, 0.6) is 0 Å². The first-order chi connectivity index (χ1) is 11.3. The number of nitrogens with one attached hydrogen (secondary N) is 1. The van der Waals surface area contributed by atoms with E-state index in [2.05, 4.69) is 72.9 Å². The maximum absolute atomic E-state index is 12.1. The SMILES string of the molecule is CCC(C)(C)CC=CC(C)(C)C(C)(C)CC(C)C(C)C(=O)NCC=O. The van der Waals surface area contributed by atoms with Crippen molar-refractivity contribution in [2.45, 2.75) is 81.6 Å². The fourth-order valence-electron chi connectivity index (χ4n) is 2.85. The van der Waals surface area contributed by atoms with Crippen molar-refractivity contribution in [1.29, 1.82) is 0 Å². The monoisotopic (exact) mass is 351 g/mol. The van der Waals surface area contributed by atoms with E-state index in [0.717, 1.165) is 19.1 Å². The van der Waals surface area contributed by atoms with Crippen LogP contribution in [0, 0.1) is 28.1 Å². The van der Waals surface area contributed by atoms with Crippen LogP contribution in [0.3, 0.4) is 0 Å². The van der Waals surface area contributed by atoms with Crippen molar-refractivity contribution >= 4 is 12.2 Å². The summed E-state index contributed by atoms with van der Waals surface area (Å²) in [6.45, 7) is 20.2. The molecule has 0 aromatic rings. The van der Waals surface area contributed by atoms with Crippen molar-refractivity contribution in [2.24, 2.45) is 28.1 Å². The molecule has 25 heavy (non-hydrogen) atoms. The second kappa shape index (κ2) is 9.54. The molecule has 0 bridgehead atoms. The fraction of sp³-hybridized carbons (Fsp3) is 0.818. The van der Waals surface area contributed by atoms with E-state index >= 15 is 0 Å². The molecule has 3 heteroatoms. The average Bonchev–Trinajstić information content (AvgIpc) is 2.50. The second-order valence-corrected chi connectivity index (χ2v) is 9.61. The molecule has 0 aliphatic carbocycles. The summed E-state index contributed by atoms with van der Waals surface area (Å²) >= 11 is 0. The minimum atomic E-state index is -0.0990. The molecular formula is C22H41NO2. The van der Waals surface area contributed by atoms with Gasteiger partial charge in [-0.1, -0.05) is 80.9 Å². The molecule has 0 aromatic carbocycles. The summed E-state index contributed by atoms with van der Waals surface area (Å²) in [6, 6.07) is 0. The zero-order valence-corrected chi connectivity index (χ0v) is 18.0. The quantitative estimate of drug-likeness (QED) is 0.400. The van der Waals surface area contributed by atoms with Gasteiger partial charge in [0.1, 0.15) is 6.29 Å². The highest BCUT2D eigenvalue weighted by molar-refractivity contribution is 5.80. The van der Waals surface area contributed by atoms with Crippen molar-refractivity contribution in [3.8, 4) is 0 Å². The first-order valence-corrected chi connectivity index (χ1v) is 9.68. The topological polar surface area (TPSA) is 46.2 Å². The molecule has 3 nitrogen and oxygen atoms in total. The van der Waals surface area contributed by atoms with E-state index in [4.69, 9.17) is 0 Å². The van der Waals surface area contributed by atoms with Gasteiger partial charge in [-0.3, -0.25) is 4.79 Å². The molecule has 1 amide bonds. The van der Waals surface area contributed by atoms with Gasteiger partial charge in [0.2, 0.25) is 5.91 Å². The van der Waals surface area contributed by atoms with E-state index < -0.39 is 0 Å². The van der Waals surface area contributed by atoms with Gasteiger partial charge in [0.05, 0.1) is 6.54 Å². The van der Waals surface area contributed by atoms with Gasteiger partial charge in [-0.15, -0.1) is 0 Å². The lowest BCUT2D eigenvalue weighted by Crippen LogP contribution is -2.38. The van der Waals surface area contributed by atoms with Gasteiger partial charge in [-0.2, -0.15) is 0 Å². The molecular weight excluding hydrogens is 310 g/mol. The first-order valence-electron chi connectivity index (χ1n) is 9.68. The summed E-state index contributed by atoms with van der Waals surface area (Å²) in [5, 5.41) is 2.67. The Morgan fingerprint density at radius 3 is 2.12 bits per heavy atom. The predicted octanol–water partition coefficient (Wildman–Crippen LogP) is 5.40. The van der Waals surface area contributed by atoms with Crippen molar-refractivity contribution in [2.75, 3.05) is 6.54 Å². The van der Waals surface area contributed by atoms with E-state index in [-0.39, 0.29) is 35.1 Å². The number of rotatable bonds is 11. The lowest BCUT2D eigenvalue weighted by Gasteiger charge is -2.42. The standard InChI is InChI=1S/C22H41NO2/c1-10-20(4,5)12-11-13-21(6,7)22(8,9)16-17(2)18(3)19(25)23-14-15-24/h11,13,15,17-18H,10,12,14,16H2,1-9H3,(H,23,25). The van der Waals surface area contributed by atoms with E-state index in [1.807, 2.05) is 6.92 Å². The van der Waals surface area contributed by atoms with Crippen LogP contribution >= 0.6 is 0 Å². The van der Waals surface area contributed by atoms with Crippen LogP contribution in [0.4, 0.5) is 0 Å². The van der Waals surface area contributed by atoms with Crippen LogP contribution in [0.1, 0.15) is 81.6 Å². The first kappa shape index (κ1) is 23.9. The molecule has 0 radical (unpaired) electrons. The van der Waals surface area contributed by atoms with Crippen LogP contribution in [-0.2, 0) is 9.59 Å². The van der Waals surface area contributed by atoms with Crippen molar-refractivity contribution < 1.29 is 9.59 Å². The molecule has 0 aliphatic heterocycles. The lowest BCUT2D eigenvalue weighted by atomic mass is 9.62. The van der Waals surface area contributed by atoms with Crippen LogP contribution < -0.4 is 5.32 Å². The molecule has 0 rings (SSSR count). The third kappa shape index (κ3) is 7.75. The van der Waals surface area contributed by atoms with E-state index in [1.165, 1.54) is 6.42 Å². The number of amides is 1. The molecule has 0 fully saturated rings. The van der Waals surface area contributed by atoms with Gasteiger partial charge in [-0.25, -0.2) is 0 Å². The molecule has 0 heterocycles. The lowest BCUT2D eigenvalue weighted by molar-refractivity contribution is -0.127. The Balaban J connectivity index is 4.93. The smallest absolute Gasteiger partial charge is 0.223 e. The minimum absolute atomic E-state index is 0.0338. The summed E-state index contributed by atoms with van der Waals surface area (Å²) < 4.78 is 0. The number of carbonyl (C=O) groups is 2. The zero-order chi connectivity index (χ0) is 19.9. The Morgan fingerprint density at radius 2 is 1.64 bits per heavy atom.